The maximum absolute atomic E-state index is 12.3. The molecule has 122 valence electrons. The van der Waals surface area contributed by atoms with E-state index in [0.717, 1.165) is 19.4 Å². The molecular formula is C15H23ClN4O2. The van der Waals surface area contributed by atoms with Gasteiger partial charge in [0.1, 0.15) is 5.60 Å². The van der Waals surface area contributed by atoms with Gasteiger partial charge in [-0.25, -0.2) is 14.8 Å². The van der Waals surface area contributed by atoms with E-state index in [1.165, 1.54) is 0 Å². The van der Waals surface area contributed by atoms with Crippen LogP contribution in [-0.2, 0) is 4.74 Å². The summed E-state index contributed by atoms with van der Waals surface area (Å²) in [5.74, 6) is 0.598. The van der Waals surface area contributed by atoms with Crippen LogP contribution in [0.3, 0.4) is 0 Å². The highest BCUT2D eigenvalue weighted by Crippen LogP contribution is 2.22. The van der Waals surface area contributed by atoms with E-state index >= 15 is 0 Å². The first-order chi connectivity index (χ1) is 10.3. The Morgan fingerprint density at radius 3 is 2.68 bits per heavy atom. The lowest BCUT2D eigenvalue weighted by Crippen LogP contribution is -2.44. The van der Waals surface area contributed by atoms with Gasteiger partial charge in [-0.15, -0.1) is 0 Å². The maximum atomic E-state index is 12.3. The van der Waals surface area contributed by atoms with Gasteiger partial charge < -0.3 is 14.5 Å². The number of ether oxygens (including phenoxy) is 1. The zero-order valence-corrected chi connectivity index (χ0v) is 14.3. The minimum Gasteiger partial charge on any atom is -0.444 e. The average molecular weight is 327 g/mol. The molecule has 1 aliphatic rings. The van der Waals surface area contributed by atoms with E-state index in [2.05, 4.69) is 9.97 Å². The Morgan fingerprint density at radius 2 is 2.09 bits per heavy atom. The zero-order valence-electron chi connectivity index (χ0n) is 13.5. The van der Waals surface area contributed by atoms with Crippen LogP contribution in [0.25, 0.3) is 0 Å². The van der Waals surface area contributed by atoms with Crippen molar-refractivity contribution in [2.75, 3.05) is 25.0 Å². The van der Waals surface area contributed by atoms with Crippen molar-refractivity contribution in [2.24, 2.45) is 0 Å². The Hall–Kier alpha value is -1.56. The fourth-order valence-electron chi connectivity index (χ4n) is 2.49. The van der Waals surface area contributed by atoms with Gasteiger partial charge in [0.15, 0.2) is 0 Å². The molecule has 0 N–H and O–H groups in total. The first kappa shape index (κ1) is 16.8. The van der Waals surface area contributed by atoms with E-state index in [4.69, 9.17) is 16.3 Å². The Labute approximate surface area is 136 Å². The lowest BCUT2D eigenvalue weighted by Gasteiger charge is -2.30. The standard InChI is InChI=1S/C15H23ClN4O2/c1-15(2,3)22-14(21)20-7-5-6-12(20)10-19(4)13-17-8-11(16)9-18-13/h8-9,12H,5-7,10H2,1-4H3/t12-/m1/s1. The van der Waals surface area contributed by atoms with Crippen LogP contribution in [0, 0.1) is 0 Å². The van der Waals surface area contributed by atoms with Gasteiger partial charge in [0, 0.05) is 20.1 Å². The third-order valence-corrected chi connectivity index (χ3v) is 3.63. The number of aromatic nitrogens is 2. The second-order valence-corrected chi connectivity index (χ2v) is 6.99. The molecule has 6 nitrogen and oxygen atoms in total. The van der Waals surface area contributed by atoms with Crippen LogP contribution in [0.2, 0.25) is 5.02 Å². The molecule has 2 heterocycles. The first-order valence-corrected chi connectivity index (χ1v) is 7.82. The van der Waals surface area contributed by atoms with Crippen LogP contribution in [0.4, 0.5) is 10.7 Å². The predicted octanol–water partition coefficient (Wildman–Crippen LogP) is 2.97. The van der Waals surface area contributed by atoms with Gasteiger partial charge in [-0.1, -0.05) is 11.6 Å². The number of hydrogen-bond acceptors (Lipinski definition) is 5. The molecule has 0 aromatic carbocycles. The summed E-state index contributed by atoms with van der Waals surface area (Å²) in [6.45, 7) is 7.03. The number of carbonyl (C=O) groups excluding carboxylic acids is 1. The molecule has 1 aromatic heterocycles. The Bertz CT molecular complexity index is 515. The monoisotopic (exact) mass is 326 g/mol. The van der Waals surface area contributed by atoms with Crippen LogP contribution in [-0.4, -0.2) is 52.7 Å². The van der Waals surface area contributed by atoms with E-state index in [1.54, 1.807) is 17.3 Å². The minimum absolute atomic E-state index is 0.110. The molecule has 0 bridgehead atoms. The zero-order chi connectivity index (χ0) is 16.3. The Kier molecular flexibility index (Phi) is 5.11. The third-order valence-electron chi connectivity index (χ3n) is 3.44. The van der Waals surface area contributed by atoms with Gasteiger partial charge in [0.2, 0.25) is 5.95 Å². The van der Waals surface area contributed by atoms with Gasteiger partial charge in [-0.05, 0) is 33.6 Å². The van der Waals surface area contributed by atoms with Crippen molar-refractivity contribution < 1.29 is 9.53 Å². The number of anilines is 1. The number of likely N-dealkylation sites (tertiary alicyclic amines) is 1. The van der Waals surface area contributed by atoms with E-state index in [1.807, 2.05) is 32.7 Å². The van der Waals surface area contributed by atoms with Crippen molar-refractivity contribution in [3.05, 3.63) is 17.4 Å². The molecule has 0 saturated carbocycles. The molecule has 1 saturated heterocycles. The highest BCUT2D eigenvalue weighted by molar-refractivity contribution is 6.30. The van der Waals surface area contributed by atoms with E-state index in [-0.39, 0.29) is 12.1 Å². The number of halogens is 1. The largest absolute Gasteiger partial charge is 0.444 e. The van der Waals surface area contributed by atoms with Crippen molar-refractivity contribution in [3.8, 4) is 0 Å². The van der Waals surface area contributed by atoms with E-state index < -0.39 is 5.60 Å². The summed E-state index contributed by atoms with van der Waals surface area (Å²) in [5, 5.41) is 0.508. The highest BCUT2D eigenvalue weighted by Gasteiger charge is 2.33. The summed E-state index contributed by atoms with van der Waals surface area (Å²) in [5.41, 5.74) is -0.477. The molecule has 1 aromatic rings. The van der Waals surface area contributed by atoms with Crippen LogP contribution in [0.5, 0.6) is 0 Å². The normalized spacial score (nSPS) is 18.4. The summed E-state index contributed by atoms with van der Waals surface area (Å²) in [4.78, 5) is 24.4. The van der Waals surface area contributed by atoms with Gasteiger partial charge >= 0.3 is 6.09 Å². The summed E-state index contributed by atoms with van der Waals surface area (Å²) in [6.07, 6.45) is 4.83. The molecule has 0 unspecified atom stereocenters. The molecule has 0 radical (unpaired) electrons. The van der Waals surface area contributed by atoms with Crippen LogP contribution in [0.1, 0.15) is 33.6 Å². The number of amides is 1. The number of rotatable bonds is 3. The predicted molar refractivity (Wildman–Crippen MR) is 86.3 cm³/mol. The fourth-order valence-corrected chi connectivity index (χ4v) is 2.58. The molecule has 7 heteroatoms. The third kappa shape index (κ3) is 4.47. The lowest BCUT2D eigenvalue weighted by atomic mass is 10.2. The smallest absolute Gasteiger partial charge is 0.410 e. The first-order valence-electron chi connectivity index (χ1n) is 7.44. The molecule has 0 aliphatic carbocycles. The molecule has 0 spiro atoms. The lowest BCUT2D eigenvalue weighted by molar-refractivity contribution is 0.0231. The van der Waals surface area contributed by atoms with Gasteiger partial charge in [-0.2, -0.15) is 0 Å². The second-order valence-electron chi connectivity index (χ2n) is 6.55. The maximum Gasteiger partial charge on any atom is 0.410 e. The summed E-state index contributed by atoms with van der Waals surface area (Å²) >= 11 is 5.80. The van der Waals surface area contributed by atoms with E-state index in [9.17, 15) is 4.79 Å². The Morgan fingerprint density at radius 1 is 1.45 bits per heavy atom. The highest BCUT2D eigenvalue weighted by atomic mass is 35.5. The molecule has 2 rings (SSSR count). The van der Waals surface area contributed by atoms with Crippen LogP contribution >= 0.6 is 11.6 Å². The van der Waals surface area contributed by atoms with Crippen molar-refractivity contribution in [3.63, 3.8) is 0 Å². The van der Waals surface area contributed by atoms with Crippen molar-refractivity contribution in [2.45, 2.75) is 45.3 Å². The van der Waals surface area contributed by atoms with Gasteiger partial charge in [0.25, 0.3) is 0 Å². The van der Waals surface area contributed by atoms with E-state index in [0.29, 0.717) is 17.5 Å². The van der Waals surface area contributed by atoms with Gasteiger partial charge in [0.05, 0.1) is 23.5 Å². The molecule has 1 fully saturated rings. The summed E-state index contributed by atoms with van der Waals surface area (Å²) < 4.78 is 5.47. The molecule has 1 atom stereocenters. The Balaban J connectivity index is 1.98. The van der Waals surface area contributed by atoms with Crippen LogP contribution < -0.4 is 4.90 Å². The van der Waals surface area contributed by atoms with Crippen molar-refractivity contribution in [1.82, 2.24) is 14.9 Å². The second kappa shape index (κ2) is 6.69. The summed E-state index contributed by atoms with van der Waals surface area (Å²) in [7, 11) is 1.91. The molecule has 1 aliphatic heterocycles. The van der Waals surface area contributed by atoms with Crippen molar-refractivity contribution in [1.29, 1.82) is 0 Å². The SMILES string of the molecule is CN(C[C@H]1CCCN1C(=O)OC(C)(C)C)c1ncc(Cl)cn1. The number of hydrogen-bond donors (Lipinski definition) is 0. The minimum atomic E-state index is -0.477. The van der Waals surface area contributed by atoms with Crippen molar-refractivity contribution >= 4 is 23.6 Å². The topological polar surface area (TPSA) is 58.6 Å². The molecule has 1 amide bonds. The fraction of sp³-hybridized carbons (Fsp3) is 0.667. The summed E-state index contributed by atoms with van der Waals surface area (Å²) in [6, 6.07) is 0.110. The van der Waals surface area contributed by atoms with Gasteiger partial charge in [-0.3, -0.25) is 0 Å². The number of nitrogens with zero attached hydrogens (tertiary/aromatic N) is 4. The molecule has 22 heavy (non-hydrogen) atoms. The van der Waals surface area contributed by atoms with Crippen LogP contribution in [0.15, 0.2) is 12.4 Å². The average Bonchev–Trinajstić information content (AvgIpc) is 2.85. The number of likely N-dealkylation sites (N-methyl/N-ethyl adjacent to an activating group) is 1. The quantitative estimate of drug-likeness (QED) is 0.854. The molecular weight excluding hydrogens is 304 g/mol. The number of carbonyl (C=O) groups is 1.